The Morgan fingerprint density at radius 2 is 2.33 bits per heavy atom. The molecule has 1 aliphatic rings. The Bertz CT molecular complexity index is 384. The largest absolute Gasteiger partial charge is 0.427 e. The zero-order chi connectivity index (χ0) is 10.8. The Labute approximate surface area is 88.7 Å². The van der Waals surface area contributed by atoms with E-state index in [1.54, 1.807) is 6.07 Å². The number of carbonyl (C=O) groups excluding carboxylic acids is 1. The molecular formula is C12H14O3. The van der Waals surface area contributed by atoms with Gasteiger partial charge in [0, 0.05) is 6.92 Å². The molecule has 0 spiro atoms. The maximum atomic E-state index is 10.8. The van der Waals surface area contributed by atoms with Crippen LogP contribution in [-0.2, 0) is 11.2 Å². The molecule has 0 saturated carbocycles. The number of hydrogen-bond acceptors (Lipinski definition) is 3. The van der Waals surface area contributed by atoms with Crippen molar-refractivity contribution in [1.82, 2.24) is 0 Å². The highest BCUT2D eigenvalue weighted by molar-refractivity contribution is 5.69. The fraction of sp³-hybridized carbons (Fsp3) is 0.417. The minimum absolute atomic E-state index is 0.314. The van der Waals surface area contributed by atoms with Crippen LogP contribution in [0.5, 0.6) is 5.75 Å². The van der Waals surface area contributed by atoms with Crippen LogP contribution in [0.25, 0.3) is 0 Å². The maximum absolute atomic E-state index is 10.8. The lowest BCUT2D eigenvalue weighted by molar-refractivity contribution is -0.131. The van der Waals surface area contributed by atoms with Crippen LogP contribution in [0, 0.1) is 0 Å². The molecule has 0 fully saturated rings. The van der Waals surface area contributed by atoms with Gasteiger partial charge in [-0.25, -0.2) is 0 Å². The van der Waals surface area contributed by atoms with Crippen molar-refractivity contribution in [3.05, 3.63) is 29.3 Å². The van der Waals surface area contributed by atoms with Gasteiger partial charge in [-0.1, -0.05) is 6.07 Å². The normalized spacial score (nSPS) is 19.5. The molecule has 1 aromatic rings. The van der Waals surface area contributed by atoms with Gasteiger partial charge in [-0.2, -0.15) is 0 Å². The minimum Gasteiger partial charge on any atom is -0.427 e. The zero-order valence-electron chi connectivity index (χ0n) is 8.69. The van der Waals surface area contributed by atoms with Crippen LogP contribution in [-0.4, -0.2) is 11.1 Å². The highest BCUT2D eigenvalue weighted by atomic mass is 16.5. The summed E-state index contributed by atoms with van der Waals surface area (Å²) in [6.07, 6.45) is 2.39. The molecule has 2 rings (SSSR count). The fourth-order valence-corrected chi connectivity index (χ4v) is 1.99. The van der Waals surface area contributed by atoms with E-state index in [-0.39, 0.29) is 12.1 Å². The molecule has 0 heterocycles. The van der Waals surface area contributed by atoms with Crippen LogP contribution in [0.2, 0.25) is 0 Å². The van der Waals surface area contributed by atoms with E-state index in [4.69, 9.17) is 4.74 Å². The summed E-state index contributed by atoms with van der Waals surface area (Å²) < 4.78 is 4.99. The van der Waals surface area contributed by atoms with E-state index >= 15 is 0 Å². The number of benzene rings is 1. The Hall–Kier alpha value is -1.35. The number of rotatable bonds is 1. The van der Waals surface area contributed by atoms with E-state index in [0.29, 0.717) is 5.75 Å². The average molecular weight is 206 g/mol. The molecular weight excluding hydrogens is 192 g/mol. The highest BCUT2D eigenvalue weighted by Crippen LogP contribution is 2.31. The molecule has 0 aromatic heterocycles. The van der Waals surface area contributed by atoms with Gasteiger partial charge in [-0.15, -0.1) is 0 Å². The molecule has 1 unspecified atom stereocenters. The van der Waals surface area contributed by atoms with E-state index in [9.17, 15) is 9.90 Å². The lowest BCUT2D eigenvalue weighted by atomic mass is 9.89. The van der Waals surface area contributed by atoms with Crippen molar-refractivity contribution in [3.8, 4) is 5.75 Å². The predicted molar refractivity (Wildman–Crippen MR) is 55.6 cm³/mol. The molecule has 0 radical (unpaired) electrons. The second kappa shape index (κ2) is 4.03. The van der Waals surface area contributed by atoms with Gasteiger partial charge in [-0.3, -0.25) is 4.79 Å². The minimum atomic E-state index is -0.361. The first-order chi connectivity index (χ1) is 7.16. The van der Waals surface area contributed by atoms with Crippen molar-refractivity contribution in [2.45, 2.75) is 32.3 Å². The summed E-state index contributed by atoms with van der Waals surface area (Å²) in [5.74, 6) is 0.252. The second-order valence-corrected chi connectivity index (χ2v) is 3.86. The number of carbonyl (C=O) groups is 1. The van der Waals surface area contributed by atoms with Gasteiger partial charge < -0.3 is 9.84 Å². The third-order valence-electron chi connectivity index (χ3n) is 2.66. The molecule has 1 N–H and O–H groups in total. The summed E-state index contributed by atoms with van der Waals surface area (Å²) in [5.41, 5.74) is 2.06. The van der Waals surface area contributed by atoms with E-state index in [0.717, 1.165) is 30.4 Å². The quantitative estimate of drug-likeness (QED) is 0.564. The van der Waals surface area contributed by atoms with Gasteiger partial charge in [0.25, 0.3) is 0 Å². The number of ether oxygens (including phenoxy) is 1. The zero-order valence-corrected chi connectivity index (χ0v) is 8.69. The summed E-state index contributed by atoms with van der Waals surface area (Å²) in [4.78, 5) is 10.8. The number of aliphatic hydroxyl groups excluding tert-OH is 1. The van der Waals surface area contributed by atoms with Crippen molar-refractivity contribution in [1.29, 1.82) is 0 Å². The van der Waals surface area contributed by atoms with E-state index < -0.39 is 0 Å². The molecule has 0 aliphatic heterocycles. The van der Waals surface area contributed by atoms with Crippen molar-refractivity contribution in [3.63, 3.8) is 0 Å². The molecule has 0 amide bonds. The van der Waals surface area contributed by atoms with Gasteiger partial charge in [0.1, 0.15) is 5.75 Å². The van der Waals surface area contributed by atoms with Gasteiger partial charge in [-0.05, 0) is 42.5 Å². The topological polar surface area (TPSA) is 46.5 Å². The molecule has 0 bridgehead atoms. The Morgan fingerprint density at radius 3 is 3.07 bits per heavy atom. The number of aliphatic hydroxyl groups is 1. The first-order valence-corrected chi connectivity index (χ1v) is 5.16. The highest BCUT2D eigenvalue weighted by Gasteiger charge is 2.18. The third kappa shape index (κ3) is 2.18. The van der Waals surface area contributed by atoms with Crippen LogP contribution >= 0.6 is 0 Å². The average Bonchev–Trinajstić information content (AvgIpc) is 2.17. The van der Waals surface area contributed by atoms with Crippen LogP contribution in [0.3, 0.4) is 0 Å². The molecule has 3 heteroatoms. The van der Waals surface area contributed by atoms with Crippen molar-refractivity contribution >= 4 is 5.97 Å². The van der Waals surface area contributed by atoms with Gasteiger partial charge in [0.05, 0.1) is 6.10 Å². The first kappa shape index (κ1) is 10.2. The molecule has 1 aromatic carbocycles. The lowest BCUT2D eigenvalue weighted by Gasteiger charge is -2.21. The van der Waals surface area contributed by atoms with Gasteiger partial charge in [0.15, 0.2) is 0 Å². The van der Waals surface area contributed by atoms with Gasteiger partial charge >= 0.3 is 5.97 Å². The summed E-state index contributed by atoms with van der Waals surface area (Å²) in [7, 11) is 0. The molecule has 1 atom stereocenters. The Morgan fingerprint density at radius 1 is 1.53 bits per heavy atom. The predicted octanol–water partition coefficient (Wildman–Crippen LogP) is 1.98. The third-order valence-corrected chi connectivity index (χ3v) is 2.66. The van der Waals surface area contributed by atoms with Crippen LogP contribution in [0.15, 0.2) is 18.2 Å². The smallest absolute Gasteiger partial charge is 0.308 e. The fourth-order valence-electron chi connectivity index (χ4n) is 1.99. The standard InChI is InChI=1S/C12H14O3/c1-8(13)15-10-5-6-11-9(7-10)3-2-4-12(11)14/h5-7,12,14H,2-4H2,1H3. The van der Waals surface area contributed by atoms with Gasteiger partial charge in [0.2, 0.25) is 0 Å². The Kier molecular flexibility index (Phi) is 2.73. The van der Waals surface area contributed by atoms with Crippen molar-refractivity contribution < 1.29 is 14.6 Å². The van der Waals surface area contributed by atoms with E-state index in [1.165, 1.54) is 6.92 Å². The summed E-state index contributed by atoms with van der Waals surface area (Å²) in [6.45, 7) is 1.38. The van der Waals surface area contributed by atoms with Crippen molar-refractivity contribution in [2.24, 2.45) is 0 Å². The molecule has 80 valence electrons. The summed E-state index contributed by atoms with van der Waals surface area (Å²) in [5, 5.41) is 9.73. The molecule has 1 aliphatic carbocycles. The van der Waals surface area contributed by atoms with E-state index in [2.05, 4.69) is 0 Å². The molecule has 15 heavy (non-hydrogen) atoms. The van der Waals surface area contributed by atoms with Crippen LogP contribution in [0.4, 0.5) is 0 Å². The lowest BCUT2D eigenvalue weighted by Crippen LogP contribution is -2.10. The second-order valence-electron chi connectivity index (χ2n) is 3.86. The van der Waals surface area contributed by atoms with E-state index in [1.807, 2.05) is 12.1 Å². The monoisotopic (exact) mass is 206 g/mol. The SMILES string of the molecule is CC(=O)Oc1ccc2c(c1)CCCC2O. The molecule has 3 nitrogen and oxygen atoms in total. The molecule has 0 saturated heterocycles. The van der Waals surface area contributed by atoms with Crippen molar-refractivity contribution in [2.75, 3.05) is 0 Å². The van der Waals surface area contributed by atoms with Crippen LogP contribution in [0.1, 0.15) is 37.0 Å². The number of aryl methyl sites for hydroxylation is 1. The van der Waals surface area contributed by atoms with Crippen LogP contribution < -0.4 is 4.74 Å². The summed E-state index contributed by atoms with van der Waals surface area (Å²) in [6, 6.07) is 5.42. The Balaban J connectivity index is 2.29. The summed E-state index contributed by atoms with van der Waals surface area (Å²) >= 11 is 0. The number of esters is 1. The first-order valence-electron chi connectivity index (χ1n) is 5.16. The number of fused-ring (bicyclic) bond motifs is 1. The maximum Gasteiger partial charge on any atom is 0.308 e. The number of hydrogen-bond donors (Lipinski definition) is 1.